The van der Waals surface area contributed by atoms with Gasteiger partial charge in [0.2, 0.25) is 0 Å². The number of aromatic carboxylic acids is 1. The number of aromatic nitrogens is 1. The number of hydrogen-bond acceptors (Lipinski definition) is 1. The molecule has 4 heteroatoms. The Balaban J connectivity index is 0.00000261. The van der Waals surface area contributed by atoms with Crippen LogP contribution in [0.3, 0.4) is 0 Å². The van der Waals surface area contributed by atoms with E-state index >= 15 is 0 Å². The van der Waals surface area contributed by atoms with Crippen LogP contribution in [0.2, 0.25) is 0 Å². The van der Waals surface area contributed by atoms with E-state index in [1.165, 1.54) is 11.1 Å². The van der Waals surface area contributed by atoms with E-state index in [0.29, 0.717) is 12.1 Å². The molecule has 27 heavy (non-hydrogen) atoms. The maximum absolute atomic E-state index is 11.1. The molecule has 1 N–H and O–H groups in total. The number of hydrogen-bond donors (Lipinski definition) is 1. The van der Waals surface area contributed by atoms with Crippen molar-refractivity contribution >= 4 is 18.1 Å². The van der Waals surface area contributed by atoms with E-state index in [9.17, 15) is 4.79 Å². The van der Waals surface area contributed by atoms with Gasteiger partial charge in [-0.3, -0.25) is 0 Å². The Morgan fingerprint density at radius 2 is 1.56 bits per heavy atom. The highest BCUT2D eigenvalue weighted by Crippen LogP contribution is 2.10. The van der Waals surface area contributed by atoms with E-state index in [-0.39, 0.29) is 12.4 Å². The predicted octanol–water partition coefficient (Wildman–Crippen LogP) is 1.46. The van der Waals surface area contributed by atoms with Crippen molar-refractivity contribution in [2.75, 3.05) is 0 Å². The molecule has 0 aliphatic carbocycles. The van der Waals surface area contributed by atoms with Crippen molar-refractivity contribution < 1.29 is 26.9 Å². The minimum absolute atomic E-state index is 0. The van der Waals surface area contributed by atoms with Crippen LogP contribution in [0.5, 0.6) is 0 Å². The number of benzene rings is 2. The third-order valence-corrected chi connectivity index (χ3v) is 4.31. The standard InChI is InChI=1S/C23H21NO2.ClH/c1-2-18-6-8-19(9-7-18)10-11-20-12-14-24(15-13-20)17-21-4-3-5-22(16-21)23(25)26;/h3-16H,2,17H2,1H3;1H/b11-10-;. The second kappa shape index (κ2) is 9.70. The Morgan fingerprint density at radius 1 is 0.926 bits per heavy atom. The molecule has 0 amide bonds. The SMILES string of the molecule is CCc1ccc(/C=C\c2cc[n+](Cc3cccc(C(=O)O)c3)cc2)cc1.[Cl-]. The number of carboxylic acids is 1. The number of pyridine rings is 1. The zero-order valence-electron chi connectivity index (χ0n) is 15.2. The van der Waals surface area contributed by atoms with Gasteiger partial charge in [-0.25, -0.2) is 9.36 Å². The largest absolute Gasteiger partial charge is 1.00 e. The van der Waals surface area contributed by atoms with E-state index in [0.717, 1.165) is 17.5 Å². The summed E-state index contributed by atoms with van der Waals surface area (Å²) in [6, 6.07) is 19.7. The van der Waals surface area contributed by atoms with Gasteiger partial charge in [-0.05, 0) is 35.2 Å². The first-order chi connectivity index (χ1) is 12.6. The highest BCUT2D eigenvalue weighted by atomic mass is 35.5. The lowest BCUT2D eigenvalue weighted by atomic mass is 10.1. The molecule has 3 aromatic rings. The molecule has 0 atom stereocenters. The molecule has 1 heterocycles. The Labute approximate surface area is 166 Å². The van der Waals surface area contributed by atoms with Crippen molar-refractivity contribution in [3.8, 4) is 0 Å². The van der Waals surface area contributed by atoms with Crippen molar-refractivity contribution in [1.82, 2.24) is 0 Å². The summed E-state index contributed by atoms with van der Waals surface area (Å²) in [6.45, 7) is 2.80. The lowest BCUT2D eigenvalue weighted by Crippen LogP contribution is -3.00. The predicted molar refractivity (Wildman–Crippen MR) is 104 cm³/mol. The van der Waals surface area contributed by atoms with Crippen molar-refractivity contribution in [3.63, 3.8) is 0 Å². The van der Waals surface area contributed by atoms with Crippen LogP contribution in [-0.4, -0.2) is 11.1 Å². The molecule has 1 aromatic heterocycles. The zero-order chi connectivity index (χ0) is 18.4. The topological polar surface area (TPSA) is 41.2 Å². The van der Waals surface area contributed by atoms with Gasteiger partial charge in [0.05, 0.1) is 5.56 Å². The number of carboxylic acid groups (broad SMARTS) is 1. The van der Waals surface area contributed by atoms with Crippen LogP contribution in [0.1, 0.15) is 39.5 Å². The molecule has 0 aliphatic heterocycles. The third kappa shape index (κ3) is 5.80. The molecule has 0 fully saturated rings. The van der Waals surface area contributed by atoms with Crippen LogP contribution < -0.4 is 17.0 Å². The van der Waals surface area contributed by atoms with Crippen LogP contribution >= 0.6 is 0 Å². The monoisotopic (exact) mass is 379 g/mol. The van der Waals surface area contributed by atoms with Crippen LogP contribution in [0.4, 0.5) is 0 Å². The second-order valence-corrected chi connectivity index (χ2v) is 6.24. The molecular formula is C23H22ClNO2. The molecular weight excluding hydrogens is 358 g/mol. The molecule has 0 saturated carbocycles. The fourth-order valence-electron chi connectivity index (χ4n) is 2.76. The van der Waals surface area contributed by atoms with E-state index in [1.54, 1.807) is 18.2 Å². The normalized spacial score (nSPS) is 10.6. The number of halogens is 1. The quantitative estimate of drug-likeness (QED) is 0.659. The van der Waals surface area contributed by atoms with Gasteiger partial charge in [0.15, 0.2) is 18.9 Å². The van der Waals surface area contributed by atoms with Crippen molar-refractivity contribution in [1.29, 1.82) is 0 Å². The van der Waals surface area contributed by atoms with E-state index < -0.39 is 5.97 Å². The van der Waals surface area contributed by atoms with Crippen LogP contribution in [0.15, 0.2) is 73.1 Å². The Morgan fingerprint density at radius 3 is 2.15 bits per heavy atom. The maximum atomic E-state index is 11.1. The first-order valence-electron chi connectivity index (χ1n) is 8.72. The average molecular weight is 380 g/mol. The summed E-state index contributed by atoms with van der Waals surface area (Å²) >= 11 is 0. The van der Waals surface area contributed by atoms with Crippen molar-refractivity contribution in [2.45, 2.75) is 19.9 Å². The fraction of sp³-hybridized carbons (Fsp3) is 0.130. The number of carbonyl (C=O) groups is 1. The Bertz CT molecular complexity index is 916. The van der Waals surface area contributed by atoms with Crippen molar-refractivity contribution in [2.24, 2.45) is 0 Å². The van der Waals surface area contributed by atoms with Gasteiger partial charge in [-0.2, -0.15) is 0 Å². The number of nitrogens with zero attached hydrogens (tertiary/aromatic N) is 1. The van der Waals surface area contributed by atoms with Gasteiger partial charge < -0.3 is 17.5 Å². The van der Waals surface area contributed by atoms with E-state index in [4.69, 9.17) is 5.11 Å². The van der Waals surface area contributed by atoms with E-state index in [1.807, 2.05) is 23.0 Å². The van der Waals surface area contributed by atoms with Gasteiger partial charge in [-0.15, -0.1) is 0 Å². The third-order valence-electron chi connectivity index (χ3n) is 4.31. The summed E-state index contributed by atoms with van der Waals surface area (Å²) in [5.74, 6) is -0.899. The first-order valence-corrected chi connectivity index (χ1v) is 8.72. The molecule has 0 bridgehead atoms. The van der Waals surface area contributed by atoms with Crippen LogP contribution in [0.25, 0.3) is 12.2 Å². The highest BCUT2D eigenvalue weighted by molar-refractivity contribution is 5.87. The van der Waals surface area contributed by atoms with Gasteiger partial charge >= 0.3 is 5.97 Å². The molecule has 0 aliphatic rings. The van der Waals surface area contributed by atoms with E-state index in [2.05, 4.69) is 55.5 Å². The summed E-state index contributed by atoms with van der Waals surface area (Å²) in [5, 5.41) is 9.08. The number of aryl methyl sites for hydroxylation is 1. The first kappa shape index (κ1) is 20.4. The van der Waals surface area contributed by atoms with Gasteiger partial charge in [-0.1, -0.05) is 55.5 Å². The Kier molecular flexibility index (Phi) is 7.33. The summed E-state index contributed by atoms with van der Waals surface area (Å²) in [5.41, 5.74) is 4.94. The minimum atomic E-state index is -0.899. The summed E-state index contributed by atoms with van der Waals surface area (Å²) in [6.07, 6.45) is 9.27. The van der Waals surface area contributed by atoms with Gasteiger partial charge in [0, 0.05) is 17.7 Å². The molecule has 0 saturated heterocycles. The van der Waals surface area contributed by atoms with Gasteiger partial charge in [0.25, 0.3) is 0 Å². The highest BCUT2D eigenvalue weighted by Gasteiger charge is 2.07. The minimum Gasteiger partial charge on any atom is -1.00 e. The summed E-state index contributed by atoms with van der Waals surface area (Å²) in [7, 11) is 0. The molecule has 138 valence electrons. The van der Waals surface area contributed by atoms with Crippen molar-refractivity contribution in [3.05, 3.63) is 101 Å². The maximum Gasteiger partial charge on any atom is 0.335 e. The second-order valence-electron chi connectivity index (χ2n) is 6.24. The zero-order valence-corrected chi connectivity index (χ0v) is 15.9. The summed E-state index contributed by atoms with van der Waals surface area (Å²) in [4.78, 5) is 11.1. The fourth-order valence-corrected chi connectivity index (χ4v) is 2.76. The summed E-state index contributed by atoms with van der Waals surface area (Å²) < 4.78 is 2.04. The molecule has 0 unspecified atom stereocenters. The Hall–Kier alpha value is -2.91. The van der Waals surface area contributed by atoms with Crippen LogP contribution in [0, 0.1) is 0 Å². The molecule has 2 aromatic carbocycles. The number of rotatable bonds is 6. The van der Waals surface area contributed by atoms with Gasteiger partial charge in [0.1, 0.15) is 0 Å². The molecule has 3 rings (SSSR count). The molecule has 0 spiro atoms. The average Bonchev–Trinajstić information content (AvgIpc) is 2.68. The smallest absolute Gasteiger partial charge is 0.335 e. The lowest BCUT2D eigenvalue weighted by Gasteiger charge is -2.01. The molecule has 3 nitrogen and oxygen atoms in total. The molecule has 0 radical (unpaired) electrons. The van der Waals surface area contributed by atoms with Crippen LogP contribution in [-0.2, 0) is 13.0 Å². The lowest BCUT2D eigenvalue weighted by molar-refractivity contribution is -0.688.